The molecule has 0 aliphatic carbocycles. The second-order valence-electron chi connectivity index (χ2n) is 4.03. The number of nitrogens with zero attached hydrogens (tertiary/aromatic N) is 1. The van der Waals surface area contributed by atoms with Gasteiger partial charge in [0.05, 0.1) is 23.0 Å². The van der Waals surface area contributed by atoms with Crippen molar-refractivity contribution >= 4 is 33.0 Å². The highest BCUT2D eigenvalue weighted by Crippen LogP contribution is 2.17. The molecule has 0 unspecified atom stereocenters. The lowest BCUT2D eigenvalue weighted by atomic mass is 10.2. The number of aromatic nitrogens is 1. The van der Waals surface area contributed by atoms with E-state index in [1.807, 2.05) is 12.3 Å². The van der Waals surface area contributed by atoms with Crippen LogP contribution in [0.3, 0.4) is 0 Å². The summed E-state index contributed by atoms with van der Waals surface area (Å²) in [4.78, 5) is 4.20. The summed E-state index contributed by atoms with van der Waals surface area (Å²) in [5.41, 5.74) is 1.32. The molecule has 0 radical (unpaired) electrons. The first kappa shape index (κ1) is 14.5. The van der Waals surface area contributed by atoms with E-state index in [0.717, 1.165) is 10.7 Å². The number of hydrogen-bond donors (Lipinski definition) is 1. The maximum absolute atomic E-state index is 11.9. The maximum atomic E-state index is 11.9. The van der Waals surface area contributed by atoms with E-state index in [1.54, 1.807) is 24.3 Å². The second kappa shape index (κ2) is 6.00. The van der Waals surface area contributed by atoms with Crippen molar-refractivity contribution in [1.29, 1.82) is 0 Å². The van der Waals surface area contributed by atoms with E-state index in [1.165, 1.54) is 11.3 Å². The number of rotatable bonds is 5. The van der Waals surface area contributed by atoms with Crippen LogP contribution in [-0.2, 0) is 22.3 Å². The Morgan fingerprint density at radius 3 is 2.74 bits per heavy atom. The Morgan fingerprint density at radius 2 is 2.11 bits per heavy atom. The van der Waals surface area contributed by atoms with Crippen LogP contribution < -0.4 is 4.72 Å². The molecule has 0 aliphatic heterocycles. The van der Waals surface area contributed by atoms with E-state index in [0.29, 0.717) is 10.6 Å². The van der Waals surface area contributed by atoms with Gasteiger partial charge in [-0.2, -0.15) is 0 Å². The van der Waals surface area contributed by atoms with Crippen molar-refractivity contribution in [2.24, 2.45) is 0 Å². The van der Waals surface area contributed by atoms with Gasteiger partial charge in [0.2, 0.25) is 10.0 Å². The van der Waals surface area contributed by atoms with Gasteiger partial charge in [0.15, 0.2) is 0 Å². The number of hydrogen-bond acceptors (Lipinski definition) is 4. The maximum Gasteiger partial charge on any atom is 0.216 e. The zero-order chi connectivity index (χ0) is 13.9. The topological polar surface area (TPSA) is 59.1 Å². The summed E-state index contributed by atoms with van der Waals surface area (Å²) < 4.78 is 26.4. The fraction of sp³-hybridized carbons (Fsp3) is 0.250. The van der Waals surface area contributed by atoms with E-state index in [-0.39, 0.29) is 12.3 Å². The molecular weight excluding hydrogens is 304 g/mol. The van der Waals surface area contributed by atoms with Crippen molar-refractivity contribution < 1.29 is 8.42 Å². The third-order valence-electron chi connectivity index (χ3n) is 2.44. The number of aryl methyl sites for hydroxylation is 1. The minimum Gasteiger partial charge on any atom is -0.245 e. The first-order valence-corrected chi connectivity index (χ1v) is 8.49. The van der Waals surface area contributed by atoms with Crippen molar-refractivity contribution in [2.75, 3.05) is 0 Å². The fourth-order valence-electron chi connectivity index (χ4n) is 1.54. The smallest absolute Gasteiger partial charge is 0.216 e. The Balaban J connectivity index is 2.01. The summed E-state index contributed by atoms with van der Waals surface area (Å²) in [6.07, 6.45) is 0. The van der Waals surface area contributed by atoms with Gasteiger partial charge in [-0.3, -0.25) is 0 Å². The number of sulfonamides is 1. The average molecular weight is 317 g/mol. The molecule has 0 saturated carbocycles. The summed E-state index contributed by atoms with van der Waals surface area (Å²) >= 11 is 7.44. The van der Waals surface area contributed by atoms with Gasteiger partial charge in [-0.05, 0) is 18.6 Å². The van der Waals surface area contributed by atoms with Crippen LogP contribution in [0.4, 0.5) is 0 Å². The number of halogens is 1. The second-order valence-corrected chi connectivity index (χ2v) is 7.31. The molecule has 0 atom stereocenters. The molecule has 4 nitrogen and oxygen atoms in total. The summed E-state index contributed by atoms with van der Waals surface area (Å²) in [6.45, 7) is 2.09. The zero-order valence-corrected chi connectivity index (χ0v) is 12.6. The molecule has 0 spiro atoms. The minimum atomic E-state index is -3.42. The van der Waals surface area contributed by atoms with E-state index in [2.05, 4.69) is 9.71 Å². The van der Waals surface area contributed by atoms with E-state index < -0.39 is 10.0 Å². The predicted molar refractivity (Wildman–Crippen MR) is 77.8 cm³/mol. The average Bonchev–Trinajstić information content (AvgIpc) is 2.76. The molecule has 0 bridgehead atoms. The molecular formula is C12H13ClN2O2S2. The van der Waals surface area contributed by atoms with Crippen molar-refractivity contribution in [3.8, 4) is 0 Å². The normalized spacial score (nSPS) is 11.7. The summed E-state index contributed by atoms with van der Waals surface area (Å²) in [5, 5.41) is 3.21. The number of nitrogens with one attached hydrogen (secondary N) is 1. The first-order valence-electron chi connectivity index (χ1n) is 5.58. The van der Waals surface area contributed by atoms with Gasteiger partial charge in [0, 0.05) is 10.4 Å². The van der Waals surface area contributed by atoms with Gasteiger partial charge >= 0.3 is 0 Å². The molecule has 19 heavy (non-hydrogen) atoms. The molecule has 0 fully saturated rings. The number of benzene rings is 1. The Labute approximate surface area is 121 Å². The van der Waals surface area contributed by atoms with Gasteiger partial charge in [0.25, 0.3) is 0 Å². The molecule has 0 aliphatic rings. The third-order valence-corrected chi connectivity index (χ3v) is 4.91. The number of thiazole rings is 1. The molecule has 7 heteroatoms. The van der Waals surface area contributed by atoms with Crippen LogP contribution in [0.2, 0.25) is 5.02 Å². The molecule has 2 aromatic rings. The van der Waals surface area contributed by atoms with Crippen molar-refractivity contribution in [3.05, 3.63) is 50.9 Å². The van der Waals surface area contributed by atoms with Crippen molar-refractivity contribution in [2.45, 2.75) is 19.2 Å². The van der Waals surface area contributed by atoms with Gasteiger partial charge in [-0.1, -0.05) is 29.8 Å². The molecule has 1 aromatic carbocycles. The standard InChI is InChI=1S/C12H13ClN2O2S2/c1-9-15-11(7-18-9)6-14-19(16,17)8-10-4-2-3-5-12(10)13/h2-5,7,14H,6,8H2,1H3. The van der Waals surface area contributed by atoms with Gasteiger partial charge in [0.1, 0.15) is 0 Å². The lowest BCUT2D eigenvalue weighted by molar-refractivity contribution is 0.579. The Morgan fingerprint density at radius 1 is 1.37 bits per heavy atom. The Bertz CT molecular complexity index is 668. The highest BCUT2D eigenvalue weighted by atomic mass is 35.5. The molecule has 0 saturated heterocycles. The quantitative estimate of drug-likeness (QED) is 0.922. The first-order chi connectivity index (χ1) is 8.96. The van der Waals surface area contributed by atoms with Crippen LogP contribution in [-0.4, -0.2) is 13.4 Å². The van der Waals surface area contributed by atoms with Gasteiger partial charge in [-0.25, -0.2) is 18.1 Å². The van der Waals surface area contributed by atoms with Crippen molar-refractivity contribution in [3.63, 3.8) is 0 Å². The largest absolute Gasteiger partial charge is 0.245 e. The Kier molecular flexibility index (Phi) is 4.57. The van der Waals surface area contributed by atoms with Crippen LogP contribution in [0.15, 0.2) is 29.6 Å². The zero-order valence-electron chi connectivity index (χ0n) is 10.3. The molecule has 0 amide bonds. The summed E-state index contributed by atoms with van der Waals surface area (Å²) in [5.74, 6) is -0.129. The van der Waals surface area contributed by atoms with E-state index >= 15 is 0 Å². The van der Waals surface area contributed by atoms with E-state index in [4.69, 9.17) is 11.6 Å². The molecule has 2 rings (SSSR count). The SMILES string of the molecule is Cc1nc(CNS(=O)(=O)Cc2ccccc2Cl)cs1. The summed E-state index contributed by atoms with van der Waals surface area (Å²) in [6, 6.07) is 6.91. The van der Waals surface area contributed by atoms with Gasteiger partial charge in [-0.15, -0.1) is 11.3 Å². The van der Waals surface area contributed by atoms with Crippen LogP contribution in [0.1, 0.15) is 16.3 Å². The highest BCUT2D eigenvalue weighted by Gasteiger charge is 2.13. The third kappa shape index (κ3) is 4.28. The predicted octanol–water partition coefficient (Wildman–Crippen LogP) is 2.72. The molecule has 102 valence electrons. The summed E-state index contributed by atoms with van der Waals surface area (Å²) in [7, 11) is -3.42. The Hall–Kier alpha value is -0.950. The lowest BCUT2D eigenvalue weighted by Crippen LogP contribution is -2.25. The molecule has 1 heterocycles. The lowest BCUT2D eigenvalue weighted by Gasteiger charge is -2.06. The van der Waals surface area contributed by atoms with Crippen LogP contribution in [0, 0.1) is 6.92 Å². The molecule has 1 N–H and O–H groups in total. The molecule has 1 aromatic heterocycles. The van der Waals surface area contributed by atoms with Crippen LogP contribution in [0.5, 0.6) is 0 Å². The monoisotopic (exact) mass is 316 g/mol. The van der Waals surface area contributed by atoms with Crippen LogP contribution >= 0.6 is 22.9 Å². The fourth-order valence-corrected chi connectivity index (χ4v) is 3.57. The van der Waals surface area contributed by atoms with E-state index in [9.17, 15) is 8.42 Å². The minimum absolute atomic E-state index is 0.129. The van der Waals surface area contributed by atoms with Crippen molar-refractivity contribution in [1.82, 2.24) is 9.71 Å². The highest BCUT2D eigenvalue weighted by molar-refractivity contribution is 7.88. The van der Waals surface area contributed by atoms with Crippen LogP contribution in [0.25, 0.3) is 0 Å². The van der Waals surface area contributed by atoms with Gasteiger partial charge < -0.3 is 0 Å².